The van der Waals surface area contributed by atoms with Crippen LogP contribution in [0, 0.1) is 17.6 Å². The van der Waals surface area contributed by atoms with Crippen molar-refractivity contribution >= 4 is 17.4 Å². The second kappa shape index (κ2) is 6.90. The van der Waals surface area contributed by atoms with Gasteiger partial charge in [-0.15, -0.1) is 0 Å². The Kier molecular flexibility index (Phi) is 4.31. The van der Waals surface area contributed by atoms with Crippen LogP contribution in [-0.2, 0) is 20.7 Å². The molecular formula is C24H19F2NO3. The first-order chi connectivity index (χ1) is 14.5. The molecule has 152 valence electrons. The molecule has 1 fully saturated rings. The van der Waals surface area contributed by atoms with Crippen LogP contribution in [0.1, 0.15) is 30.4 Å². The first kappa shape index (κ1) is 18.7. The third-order valence-corrected chi connectivity index (χ3v) is 6.22. The number of carbonyl (C=O) groups is 2. The van der Waals surface area contributed by atoms with Gasteiger partial charge in [-0.3, -0.25) is 14.5 Å². The molecule has 5 rings (SSSR count). The molecule has 1 heterocycles. The second-order valence-corrected chi connectivity index (χ2v) is 7.94. The molecule has 0 aromatic heterocycles. The molecule has 3 unspecified atom stereocenters. The minimum Gasteiger partial charge on any atom is -0.474 e. The van der Waals surface area contributed by atoms with Crippen LogP contribution < -0.4 is 4.90 Å². The summed E-state index contributed by atoms with van der Waals surface area (Å²) in [6.45, 7) is 1.56. The van der Waals surface area contributed by atoms with E-state index in [1.54, 1.807) is 6.92 Å². The summed E-state index contributed by atoms with van der Waals surface area (Å²) in [6.07, 6.45) is 3.04. The van der Waals surface area contributed by atoms with Crippen molar-refractivity contribution in [2.45, 2.75) is 31.9 Å². The van der Waals surface area contributed by atoms with E-state index in [4.69, 9.17) is 4.74 Å². The van der Waals surface area contributed by atoms with Crippen molar-refractivity contribution in [1.82, 2.24) is 0 Å². The molecule has 0 saturated heterocycles. The second-order valence-electron chi connectivity index (χ2n) is 7.94. The summed E-state index contributed by atoms with van der Waals surface area (Å²) < 4.78 is 34.4. The number of amides is 1. The lowest BCUT2D eigenvalue weighted by Gasteiger charge is -2.25. The van der Waals surface area contributed by atoms with Gasteiger partial charge in [0.25, 0.3) is 5.91 Å². The van der Waals surface area contributed by atoms with Gasteiger partial charge in [0, 0.05) is 23.5 Å². The minimum absolute atomic E-state index is 0.00755. The molecule has 2 aliphatic carbocycles. The monoisotopic (exact) mass is 407 g/mol. The molecule has 4 nitrogen and oxygen atoms in total. The number of hydrogen-bond donors (Lipinski definition) is 0. The normalized spacial score (nSPS) is 26.2. The van der Waals surface area contributed by atoms with Crippen molar-refractivity contribution in [3.05, 3.63) is 88.7 Å². The van der Waals surface area contributed by atoms with Gasteiger partial charge in [-0.05, 0) is 48.6 Å². The van der Waals surface area contributed by atoms with E-state index >= 15 is 0 Å². The predicted molar refractivity (Wildman–Crippen MR) is 107 cm³/mol. The first-order valence-corrected chi connectivity index (χ1v) is 9.88. The average molecular weight is 407 g/mol. The number of halogens is 2. The molecule has 1 aliphatic heterocycles. The summed E-state index contributed by atoms with van der Waals surface area (Å²) >= 11 is 0. The van der Waals surface area contributed by atoms with Gasteiger partial charge in [0.1, 0.15) is 17.3 Å². The zero-order valence-electron chi connectivity index (χ0n) is 16.3. The van der Waals surface area contributed by atoms with Crippen LogP contribution in [0.25, 0.3) is 0 Å². The fourth-order valence-electron chi connectivity index (χ4n) is 4.79. The zero-order valence-corrected chi connectivity index (χ0v) is 16.3. The number of rotatable bonds is 3. The van der Waals surface area contributed by atoms with Crippen LogP contribution >= 0.6 is 0 Å². The quantitative estimate of drug-likeness (QED) is 0.559. The van der Waals surface area contributed by atoms with Crippen LogP contribution in [0.15, 0.2) is 65.9 Å². The van der Waals surface area contributed by atoms with Crippen LogP contribution in [-0.4, -0.2) is 17.9 Å². The summed E-state index contributed by atoms with van der Waals surface area (Å²) in [5, 5.41) is 0. The fourth-order valence-corrected chi connectivity index (χ4v) is 4.79. The molecule has 0 spiro atoms. The summed E-state index contributed by atoms with van der Waals surface area (Å²) in [7, 11) is 0. The Morgan fingerprint density at radius 3 is 2.50 bits per heavy atom. The van der Waals surface area contributed by atoms with Crippen molar-refractivity contribution in [3.8, 4) is 0 Å². The maximum Gasteiger partial charge on any atom is 0.257 e. The van der Waals surface area contributed by atoms with E-state index in [1.807, 2.05) is 12.1 Å². The van der Waals surface area contributed by atoms with Gasteiger partial charge in [0.15, 0.2) is 12.0 Å². The SMILES string of the molecule is CC1=CC(O/C=C2/C(=O)CC3c4ccccc4CC23)N(c2c(F)cccc2F)C1=O. The summed E-state index contributed by atoms with van der Waals surface area (Å²) in [5.74, 6) is -2.08. The van der Waals surface area contributed by atoms with Crippen LogP contribution in [0.4, 0.5) is 14.5 Å². The van der Waals surface area contributed by atoms with E-state index in [9.17, 15) is 18.4 Å². The summed E-state index contributed by atoms with van der Waals surface area (Å²) in [6, 6.07) is 11.5. The van der Waals surface area contributed by atoms with E-state index in [2.05, 4.69) is 12.1 Å². The number of anilines is 1. The van der Waals surface area contributed by atoms with Crippen LogP contribution in [0.2, 0.25) is 0 Å². The largest absolute Gasteiger partial charge is 0.474 e. The third-order valence-electron chi connectivity index (χ3n) is 6.22. The zero-order chi connectivity index (χ0) is 21.0. The number of allylic oxidation sites excluding steroid dienone is 1. The number of hydrogen-bond acceptors (Lipinski definition) is 3. The number of benzene rings is 2. The van der Waals surface area contributed by atoms with Crippen molar-refractivity contribution in [2.24, 2.45) is 5.92 Å². The average Bonchev–Trinajstić information content (AvgIpc) is 3.31. The summed E-state index contributed by atoms with van der Waals surface area (Å²) in [5.41, 5.74) is 2.86. The number of Topliss-reactive ketones (excluding diaryl/α,β-unsaturated/α-hetero) is 1. The number of nitrogens with zero attached hydrogens (tertiary/aromatic N) is 1. The Labute approximate surface area is 172 Å². The molecule has 0 radical (unpaired) electrons. The van der Waals surface area contributed by atoms with E-state index in [-0.39, 0.29) is 17.6 Å². The Morgan fingerprint density at radius 2 is 1.73 bits per heavy atom. The number of ether oxygens (including phenoxy) is 1. The lowest BCUT2D eigenvalue weighted by Crippen LogP contribution is -2.37. The standard InChI is InChI=1S/C24H19F2NO3/c1-13-9-22(27(24(13)29)23-19(25)7-4-8-20(23)26)30-12-18-16-10-14-5-2-3-6-15(14)17(16)11-21(18)28/h2-9,12,16-17,22H,10-11H2,1H3/b18-12+. The van der Waals surface area contributed by atoms with Gasteiger partial charge < -0.3 is 4.74 Å². The highest BCUT2D eigenvalue weighted by Gasteiger charge is 2.44. The lowest BCUT2D eigenvalue weighted by molar-refractivity contribution is -0.115. The fraction of sp³-hybridized carbons (Fsp3) is 0.250. The van der Waals surface area contributed by atoms with Gasteiger partial charge in [0.2, 0.25) is 0 Å². The van der Waals surface area contributed by atoms with Crippen molar-refractivity contribution in [2.75, 3.05) is 4.90 Å². The highest BCUT2D eigenvalue weighted by Crippen LogP contribution is 2.49. The molecular weight excluding hydrogens is 388 g/mol. The van der Waals surface area contributed by atoms with Gasteiger partial charge in [0.05, 0.1) is 6.26 Å². The van der Waals surface area contributed by atoms with Gasteiger partial charge in [-0.2, -0.15) is 0 Å². The van der Waals surface area contributed by atoms with Gasteiger partial charge in [-0.25, -0.2) is 8.78 Å². The van der Waals surface area contributed by atoms with E-state index in [0.717, 1.165) is 23.5 Å². The molecule has 0 N–H and O–H groups in total. The topological polar surface area (TPSA) is 46.6 Å². The maximum atomic E-state index is 14.3. The molecule has 2 aromatic carbocycles. The number of fused-ring (bicyclic) bond motifs is 3. The summed E-state index contributed by atoms with van der Waals surface area (Å²) in [4.78, 5) is 26.2. The van der Waals surface area contributed by atoms with E-state index < -0.39 is 29.5 Å². The molecule has 1 saturated carbocycles. The first-order valence-electron chi connectivity index (χ1n) is 9.88. The highest BCUT2D eigenvalue weighted by atomic mass is 19.1. The van der Waals surface area contributed by atoms with Crippen molar-refractivity contribution in [3.63, 3.8) is 0 Å². The molecule has 30 heavy (non-hydrogen) atoms. The highest BCUT2D eigenvalue weighted by molar-refractivity contribution is 6.08. The van der Waals surface area contributed by atoms with Crippen molar-refractivity contribution in [1.29, 1.82) is 0 Å². The molecule has 3 atom stereocenters. The molecule has 2 aromatic rings. The number of ketones is 1. The smallest absolute Gasteiger partial charge is 0.257 e. The Hall–Kier alpha value is -3.28. The third kappa shape index (κ3) is 2.78. The minimum atomic E-state index is -1.02. The van der Waals surface area contributed by atoms with Gasteiger partial charge in [-0.1, -0.05) is 30.3 Å². The van der Waals surface area contributed by atoms with E-state index in [1.165, 1.54) is 29.5 Å². The number of carbonyl (C=O) groups excluding carboxylic acids is 2. The Bertz CT molecular complexity index is 1120. The van der Waals surface area contributed by atoms with Crippen LogP contribution in [0.5, 0.6) is 0 Å². The van der Waals surface area contributed by atoms with E-state index in [0.29, 0.717) is 17.6 Å². The molecule has 0 bridgehead atoms. The Morgan fingerprint density at radius 1 is 1.00 bits per heavy atom. The lowest BCUT2D eigenvalue weighted by atomic mass is 9.95. The molecule has 3 aliphatic rings. The van der Waals surface area contributed by atoms with Gasteiger partial charge >= 0.3 is 0 Å². The Balaban J connectivity index is 1.44. The predicted octanol–water partition coefficient (Wildman–Crippen LogP) is 4.41. The van der Waals surface area contributed by atoms with Crippen molar-refractivity contribution < 1.29 is 23.1 Å². The van der Waals surface area contributed by atoms with Crippen LogP contribution in [0.3, 0.4) is 0 Å². The molecule has 1 amide bonds. The number of para-hydroxylation sites is 1. The maximum absolute atomic E-state index is 14.3. The molecule has 6 heteroatoms.